The molecule has 0 radical (unpaired) electrons. The van der Waals surface area contributed by atoms with Crippen molar-refractivity contribution in [1.29, 1.82) is 0 Å². The van der Waals surface area contributed by atoms with Crippen LogP contribution in [0.4, 0.5) is 17.1 Å². The Balaban J connectivity index is 1.81. The predicted octanol–water partition coefficient (Wildman–Crippen LogP) is 4.33. The fourth-order valence-corrected chi connectivity index (χ4v) is 3.92. The smallest absolute Gasteiger partial charge is 0.274 e. The molecule has 0 bridgehead atoms. The van der Waals surface area contributed by atoms with E-state index in [1.807, 2.05) is 6.08 Å². The van der Waals surface area contributed by atoms with Crippen LogP contribution >= 0.6 is 0 Å². The molecule has 1 aliphatic carbocycles. The first kappa shape index (κ1) is 15.3. The summed E-state index contributed by atoms with van der Waals surface area (Å²) in [6.45, 7) is 0. The number of nitro groups is 2. The lowest BCUT2D eigenvalue weighted by atomic mass is 9.76. The molecular formula is C18H15N3O4. The molecule has 0 aromatic heterocycles. The molecule has 1 aliphatic heterocycles. The third kappa shape index (κ3) is 2.44. The van der Waals surface area contributed by atoms with Gasteiger partial charge in [0.05, 0.1) is 21.5 Å². The second kappa shape index (κ2) is 5.70. The van der Waals surface area contributed by atoms with E-state index in [0.29, 0.717) is 5.56 Å². The minimum Gasteiger partial charge on any atom is -0.377 e. The van der Waals surface area contributed by atoms with Crippen molar-refractivity contribution in [2.45, 2.75) is 18.4 Å². The lowest BCUT2D eigenvalue weighted by Gasteiger charge is -2.37. The average molecular weight is 337 g/mol. The molecule has 0 saturated carbocycles. The number of benzene rings is 2. The monoisotopic (exact) mass is 337 g/mol. The summed E-state index contributed by atoms with van der Waals surface area (Å²) in [6, 6.07) is 11.3. The molecule has 7 heteroatoms. The molecule has 4 rings (SSSR count). The van der Waals surface area contributed by atoms with E-state index in [0.717, 1.165) is 17.7 Å². The van der Waals surface area contributed by atoms with E-state index >= 15 is 0 Å². The number of nitrogens with zero attached hydrogens (tertiary/aromatic N) is 2. The van der Waals surface area contributed by atoms with Crippen LogP contribution in [0.25, 0.3) is 0 Å². The first-order chi connectivity index (χ1) is 12.1. The van der Waals surface area contributed by atoms with Crippen LogP contribution in [0.3, 0.4) is 0 Å². The molecule has 7 nitrogen and oxygen atoms in total. The standard InChI is InChI=1S/C18H15N3O4/c22-20(23)11-8-9-16-15(10-11)12-5-3-6-13(12)18(19-16)14-4-1-2-7-17(14)21(24)25/h1-5,7-10,12-13,18-19H,6H2/t12-,13+,18-/m1/s1. The SMILES string of the molecule is O=[N+]([O-])c1ccc2c(c1)[C@@H]1C=CC[C@@H]1[C@H](c1ccccc1[N+](=O)[O-])N2. The Kier molecular flexibility index (Phi) is 3.49. The molecule has 2 aliphatic rings. The van der Waals surface area contributed by atoms with E-state index in [2.05, 4.69) is 11.4 Å². The predicted molar refractivity (Wildman–Crippen MR) is 92.5 cm³/mol. The number of non-ortho nitro benzene ring substituents is 1. The van der Waals surface area contributed by atoms with Crippen molar-refractivity contribution in [2.75, 3.05) is 5.32 Å². The molecule has 3 atom stereocenters. The summed E-state index contributed by atoms with van der Waals surface area (Å²) in [5, 5.41) is 25.9. The third-order valence-electron chi connectivity index (χ3n) is 5.03. The van der Waals surface area contributed by atoms with Gasteiger partial charge in [0.1, 0.15) is 0 Å². The van der Waals surface area contributed by atoms with E-state index in [1.54, 1.807) is 30.3 Å². The highest BCUT2D eigenvalue weighted by Gasteiger charge is 2.40. The van der Waals surface area contributed by atoms with Crippen LogP contribution in [0, 0.1) is 26.1 Å². The van der Waals surface area contributed by atoms with Gasteiger partial charge in [0.2, 0.25) is 0 Å². The maximum absolute atomic E-state index is 11.4. The van der Waals surface area contributed by atoms with Gasteiger partial charge in [-0.1, -0.05) is 30.4 Å². The molecule has 1 N–H and O–H groups in total. The summed E-state index contributed by atoms with van der Waals surface area (Å²) in [5.41, 5.74) is 2.47. The van der Waals surface area contributed by atoms with Gasteiger partial charge in [0.15, 0.2) is 0 Å². The van der Waals surface area contributed by atoms with Gasteiger partial charge < -0.3 is 5.32 Å². The second-order valence-electron chi connectivity index (χ2n) is 6.32. The van der Waals surface area contributed by atoms with Crippen molar-refractivity contribution in [3.05, 3.63) is 86.0 Å². The van der Waals surface area contributed by atoms with Crippen LogP contribution in [0.2, 0.25) is 0 Å². The van der Waals surface area contributed by atoms with Crippen molar-refractivity contribution in [3.63, 3.8) is 0 Å². The van der Waals surface area contributed by atoms with E-state index in [4.69, 9.17) is 0 Å². The number of hydrogen-bond donors (Lipinski definition) is 1. The summed E-state index contributed by atoms with van der Waals surface area (Å²) in [7, 11) is 0. The molecule has 0 spiro atoms. The number of anilines is 1. The number of nitrogens with one attached hydrogen (secondary N) is 1. The van der Waals surface area contributed by atoms with Gasteiger partial charge >= 0.3 is 0 Å². The van der Waals surface area contributed by atoms with Gasteiger partial charge in [0, 0.05) is 29.8 Å². The topological polar surface area (TPSA) is 98.3 Å². The zero-order valence-corrected chi connectivity index (χ0v) is 13.2. The van der Waals surface area contributed by atoms with Crippen molar-refractivity contribution < 1.29 is 9.85 Å². The molecule has 0 unspecified atom stereocenters. The highest BCUT2D eigenvalue weighted by atomic mass is 16.6. The quantitative estimate of drug-likeness (QED) is 0.510. The second-order valence-corrected chi connectivity index (χ2v) is 6.32. The maximum Gasteiger partial charge on any atom is 0.274 e. The fourth-order valence-electron chi connectivity index (χ4n) is 3.92. The van der Waals surface area contributed by atoms with E-state index in [-0.39, 0.29) is 34.2 Å². The van der Waals surface area contributed by atoms with Gasteiger partial charge in [-0.05, 0) is 24.0 Å². The molecule has 2 aromatic rings. The van der Waals surface area contributed by atoms with Crippen molar-refractivity contribution in [1.82, 2.24) is 0 Å². The minimum absolute atomic E-state index is 0.0148. The Morgan fingerprint density at radius 3 is 2.56 bits per heavy atom. The van der Waals surface area contributed by atoms with Gasteiger partial charge in [-0.2, -0.15) is 0 Å². The third-order valence-corrected chi connectivity index (χ3v) is 5.03. The van der Waals surface area contributed by atoms with Gasteiger partial charge in [-0.3, -0.25) is 20.2 Å². The van der Waals surface area contributed by atoms with Crippen LogP contribution < -0.4 is 5.32 Å². The van der Waals surface area contributed by atoms with Crippen LogP contribution in [-0.2, 0) is 0 Å². The van der Waals surface area contributed by atoms with Gasteiger partial charge in [-0.25, -0.2) is 0 Å². The van der Waals surface area contributed by atoms with Gasteiger partial charge in [0.25, 0.3) is 11.4 Å². The summed E-state index contributed by atoms with van der Waals surface area (Å²) in [5.74, 6) is 0.108. The number of para-hydroxylation sites is 1. The zero-order valence-electron chi connectivity index (χ0n) is 13.2. The number of nitro benzene ring substituents is 2. The van der Waals surface area contributed by atoms with Crippen molar-refractivity contribution in [3.8, 4) is 0 Å². The van der Waals surface area contributed by atoms with Crippen molar-refractivity contribution in [2.24, 2.45) is 5.92 Å². The van der Waals surface area contributed by atoms with E-state index < -0.39 is 4.92 Å². The molecular weight excluding hydrogens is 322 g/mol. The molecule has 0 saturated heterocycles. The average Bonchev–Trinajstić information content (AvgIpc) is 3.10. The Labute approximate surface area is 143 Å². The Morgan fingerprint density at radius 2 is 1.80 bits per heavy atom. The summed E-state index contributed by atoms with van der Waals surface area (Å²) >= 11 is 0. The Hall–Kier alpha value is -3.22. The molecule has 2 aromatic carbocycles. The first-order valence-electron chi connectivity index (χ1n) is 8.01. The zero-order chi connectivity index (χ0) is 17.6. The number of fused-ring (bicyclic) bond motifs is 3. The molecule has 0 amide bonds. The molecule has 0 fully saturated rings. The van der Waals surface area contributed by atoms with E-state index in [1.165, 1.54) is 12.1 Å². The van der Waals surface area contributed by atoms with Crippen LogP contribution in [-0.4, -0.2) is 9.85 Å². The maximum atomic E-state index is 11.4. The minimum atomic E-state index is -0.401. The Bertz CT molecular complexity index is 909. The summed E-state index contributed by atoms with van der Waals surface area (Å²) in [6.07, 6.45) is 4.87. The van der Waals surface area contributed by atoms with Crippen LogP contribution in [0.5, 0.6) is 0 Å². The lowest BCUT2D eigenvalue weighted by molar-refractivity contribution is -0.385. The first-order valence-corrected chi connectivity index (χ1v) is 8.01. The number of allylic oxidation sites excluding steroid dienone is 2. The molecule has 126 valence electrons. The lowest BCUT2D eigenvalue weighted by Crippen LogP contribution is -2.29. The normalized spacial score (nSPS) is 23.4. The highest BCUT2D eigenvalue weighted by Crippen LogP contribution is 2.51. The van der Waals surface area contributed by atoms with E-state index in [9.17, 15) is 20.2 Å². The highest BCUT2D eigenvalue weighted by molar-refractivity contribution is 5.64. The molecule has 25 heavy (non-hydrogen) atoms. The summed E-state index contributed by atoms with van der Waals surface area (Å²) in [4.78, 5) is 21.7. The largest absolute Gasteiger partial charge is 0.377 e. The van der Waals surface area contributed by atoms with Crippen LogP contribution in [0.15, 0.2) is 54.6 Å². The van der Waals surface area contributed by atoms with Crippen LogP contribution in [0.1, 0.15) is 29.5 Å². The van der Waals surface area contributed by atoms with Crippen molar-refractivity contribution >= 4 is 17.1 Å². The number of rotatable bonds is 3. The fraction of sp³-hybridized carbons (Fsp3) is 0.222. The van der Waals surface area contributed by atoms with Gasteiger partial charge in [-0.15, -0.1) is 0 Å². The summed E-state index contributed by atoms with van der Waals surface area (Å²) < 4.78 is 0. The Morgan fingerprint density at radius 1 is 1.00 bits per heavy atom. The molecule has 1 heterocycles. The number of hydrogen-bond acceptors (Lipinski definition) is 5.